The Morgan fingerprint density at radius 2 is 2.00 bits per heavy atom. The lowest BCUT2D eigenvalue weighted by atomic mass is 10.1. The minimum Gasteiger partial charge on any atom is -0.478 e. The summed E-state index contributed by atoms with van der Waals surface area (Å²) in [6.07, 6.45) is -0.408. The number of rotatable bonds is 3. The highest BCUT2D eigenvalue weighted by Gasteiger charge is 2.26. The van der Waals surface area contributed by atoms with Crippen LogP contribution in [0.4, 0.5) is 0 Å². The van der Waals surface area contributed by atoms with Crippen molar-refractivity contribution in [3.63, 3.8) is 0 Å². The first kappa shape index (κ1) is 13.5. The molecular formula is C13H15NO5. The van der Waals surface area contributed by atoms with Gasteiger partial charge in [0.1, 0.15) is 0 Å². The summed E-state index contributed by atoms with van der Waals surface area (Å²) in [5.41, 5.74) is 0.146. The van der Waals surface area contributed by atoms with Crippen LogP contribution in [-0.2, 0) is 4.74 Å². The quantitative estimate of drug-likeness (QED) is 0.816. The van der Waals surface area contributed by atoms with Crippen LogP contribution in [0, 0.1) is 0 Å². The molecule has 1 atom stereocenters. The number of hydrogen-bond acceptors (Lipinski definition) is 4. The van der Waals surface area contributed by atoms with Gasteiger partial charge >= 0.3 is 5.97 Å². The number of morpholine rings is 1. The van der Waals surface area contributed by atoms with Crippen molar-refractivity contribution in [2.75, 3.05) is 26.3 Å². The SMILES string of the molecule is O=C(O)c1ccccc1C(=O)N1CCOC(CO)C1. The number of nitrogens with zero attached hydrogens (tertiary/aromatic N) is 1. The maximum absolute atomic E-state index is 12.3. The monoisotopic (exact) mass is 265 g/mol. The second-order valence-corrected chi connectivity index (χ2v) is 4.28. The van der Waals surface area contributed by atoms with Gasteiger partial charge in [-0.15, -0.1) is 0 Å². The Morgan fingerprint density at radius 1 is 1.32 bits per heavy atom. The summed E-state index contributed by atoms with van der Waals surface area (Å²) in [7, 11) is 0. The number of ether oxygens (including phenoxy) is 1. The zero-order valence-corrected chi connectivity index (χ0v) is 10.3. The number of aliphatic hydroxyl groups is 1. The maximum Gasteiger partial charge on any atom is 0.336 e. The van der Waals surface area contributed by atoms with E-state index < -0.39 is 12.1 Å². The van der Waals surface area contributed by atoms with Crippen molar-refractivity contribution in [2.45, 2.75) is 6.10 Å². The van der Waals surface area contributed by atoms with Crippen molar-refractivity contribution in [2.24, 2.45) is 0 Å². The normalized spacial score (nSPS) is 19.2. The Bertz CT molecular complexity index is 488. The Kier molecular flexibility index (Phi) is 4.13. The van der Waals surface area contributed by atoms with Crippen LogP contribution < -0.4 is 0 Å². The molecule has 0 bridgehead atoms. The number of carbonyl (C=O) groups excluding carboxylic acids is 1. The Morgan fingerprint density at radius 3 is 2.63 bits per heavy atom. The number of carbonyl (C=O) groups is 2. The lowest BCUT2D eigenvalue weighted by Gasteiger charge is -2.32. The molecule has 6 nitrogen and oxygen atoms in total. The van der Waals surface area contributed by atoms with E-state index in [1.165, 1.54) is 17.0 Å². The lowest BCUT2D eigenvalue weighted by molar-refractivity contribution is -0.0447. The number of hydrogen-bond donors (Lipinski definition) is 2. The molecule has 1 aromatic carbocycles. The van der Waals surface area contributed by atoms with Crippen LogP contribution in [0.1, 0.15) is 20.7 Å². The van der Waals surface area contributed by atoms with Crippen molar-refractivity contribution in [1.29, 1.82) is 0 Å². The molecule has 1 aliphatic rings. The highest BCUT2D eigenvalue weighted by atomic mass is 16.5. The van der Waals surface area contributed by atoms with Gasteiger partial charge in [-0.05, 0) is 12.1 Å². The summed E-state index contributed by atoms with van der Waals surface area (Å²) in [6.45, 7) is 0.836. The minimum atomic E-state index is -1.13. The fraction of sp³-hybridized carbons (Fsp3) is 0.385. The molecule has 0 spiro atoms. The highest BCUT2D eigenvalue weighted by Crippen LogP contribution is 2.14. The summed E-state index contributed by atoms with van der Waals surface area (Å²) >= 11 is 0. The van der Waals surface area contributed by atoms with E-state index in [1.807, 2.05) is 0 Å². The van der Waals surface area contributed by atoms with Gasteiger partial charge in [-0.25, -0.2) is 4.79 Å². The molecule has 0 radical (unpaired) electrons. The fourth-order valence-electron chi connectivity index (χ4n) is 2.04. The molecule has 0 aliphatic carbocycles. The van der Waals surface area contributed by atoms with E-state index in [4.69, 9.17) is 14.9 Å². The van der Waals surface area contributed by atoms with E-state index in [9.17, 15) is 9.59 Å². The molecule has 0 saturated carbocycles. The van der Waals surface area contributed by atoms with Crippen LogP contribution in [0.5, 0.6) is 0 Å². The van der Waals surface area contributed by atoms with Crippen LogP contribution in [0.3, 0.4) is 0 Å². The number of aliphatic hydroxyl groups excluding tert-OH is 1. The van der Waals surface area contributed by atoms with E-state index >= 15 is 0 Å². The van der Waals surface area contributed by atoms with Gasteiger partial charge in [0.05, 0.1) is 30.4 Å². The first-order valence-electron chi connectivity index (χ1n) is 5.97. The summed E-state index contributed by atoms with van der Waals surface area (Å²) in [5.74, 6) is -1.48. The van der Waals surface area contributed by atoms with Gasteiger partial charge in [-0.1, -0.05) is 12.1 Å². The van der Waals surface area contributed by atoms with Crippen molar-refractivity contribution in [1.82, 2.24) is 4.90 Å². The molecule has 1 amide bonds. The third-order valence-electron chi connectivity index (χ3n) is 3.02. The van der Waals surface area contributed by atoms with E-state index in [0.29, 0.717) is 13.2 Å². The standard InChI is InChI=1S/C13H15NO5/c15-8-9-7-14(5-6-19-9)12(16)10-3-1-2-4-11(10)13(17)18/h1-4,9,15H,5-8H2,(H,17,18). The summed E-state index contributed by atoms with van der Waals surface area (Å²) < 4.78 is 5.26. The predicted octanol–water partition coefficient (Wildman–Crippen LogP) is 0.218. The number of carboxylic acid groups (broad SMARTS) is 1. The van der Waals surface area contributed by atoms with Gasteiger partial charge in [-0.3, -0.25) is 4.79 Å². The molecule has 2 rings (SSSR count). The minimum absolute atomic E-state index is 0.0143. The second-order valence-electron chi connectivity index (χ2n) is 4.28. The average Bonchev–Trinajstić information content (AvgIpc) is 2.46. The average molecular weight is 265 g/mol. The molecule has 2 N–H and O–H groups in total. The Labute approximate surface area is 110 Å². The maximum atomic E-state index is 12.3. The molecule has 6 heteroatoms. The number of aromatic carboxylic acids is 1. The summed E-state index contributed by atoms with van der Waals surface area (Å²) in [5, 5.41) is 18.1. The van der Waals surface area contributed by atoms with Crippen LogP contribution in [-0.4, -0.2) is 59.4 Å². The molecule has 1 aliphatic heterocycles. The first-order valence-corrected chi connectivity index (χ1v) is 5.97. The van der Waals surface area contributed by atoms with Gasteiger partial charge in [0.15, 0.2) is 0 Å². The van der Waals surface area contributed by atoms with Gasteiger partial charge in [0, 0.05) is 13.1 Å². The molecule has 1 aromatic rings. The molecular weight excluding hydrogens is 250 g/mol. The molecule has 1 heterocycles. The first-order chi connectivity index (χ1) is 9.13. The molecule has 1 saturated heterocycles. The zero-order valence-electron chi connectivity index (χ0n) is 10.3. The Balaban J connectivity index is 2.22. The smallest absolute Gasteiger partial charge is 0.336 e. The third kappa shape index (κ3) is 2.91. The predicted molar refractivity (Wildman–Crippen MR) is 66.1 cm³/mol. The molecule has 102 valence electrons. The number of benzene rings is 1. The van der Waals surface area contributed by atoms with Gasteiger partial charge in [-0.2, -0.15) is 0 Å². The van der Waals surface area contributed by atoms with E-state index in [0.717, 1.165) is 0 Å². The van der Waals surface area contributed by atoms with Crippen molar-refractivity contribution < 1.29 is 24.5 Å². The van der Waals surface area contributed by atoms with Crippen molar-refractivity contribution in [3.8, 4) is 0 Å². The van der Waals surface area contributed by atoms with E-state index in [1.54, 1.807) is 12.1 Å². The topological polar surface area (TPSA) is 87.1 Å². The molecule has 1 unspecified atom stereocenters. The van der Waals surface area contributed by atoms with E-state index in [2.05, 4.69) is 0 Å². The van der Waals surface area contributed by atoms with Crippen molar-refractivity contribution >= 4 is 11.9 Å². The molecule has 19 heavy (non-hydrogen) atoms. The number of carboxylic acids is 1. The fourth-order valence-corrected chi connectivity index (χ4v) is 2.04. The lowest BCUT2D eigenvalue weighted by Crippen LogP contribution is -2.47. The van der Waals surface area contributed by atoms with Crippen molar-refractivity contribution in [3.05, 3.63) is 35.4 Å². The van der Waals surface area contributed by atoms with Gasteiger partial charge in [0.25, 0.3) is 5.91 Å². The molecule has 1 fully saturated rings. The van der Waals surface area contributed by atoms with Crippen LogP contribution in [0.2, 0.25) is 0 Å². The van der Waals surface area contributed by atoms with Crippen LogP contribution in [0.25, 0.3) is 0 Å². The summed E-state index contributed by atoms with van der Waals surface area (Å²) in [6, 6.07) is 6.11. The highest BCUT2D eigenvalue weighted by molar-refractivity contribution is 6.04. The van der Waals surface area contributed by atoms with E-state index in [-0.39, 0.29) is 30.2 Å². The largest absolute Gasteiger partial charge is 0.478 e. The third-order valence-corrected chi connectivity index (χ3v) is 3.02. The zero-order chi connectivity index (χ0) is 13.8. The molecule has 0 aromatic heterocycles. The Hall–Kier alpha value is -1.92. The van der Waals surface area contributed by atoms with Gasteiger partial charge in [0.2, 0.25) is 0 Å². The van der Waals surface area contributed by atoms with Crippen LogP contribution in [0.15, 0.2) is 24.3 Å². The second kappa shape index (κ2) is 5.81. The van der Waals surface area contributed by atoms with Gasteiger partial charge < -0.3 is 19.8 Å². The number of amides is 1. The summed E-state index contributed by atoms with van der Waals surface area (Å²) in [4.78, 5) is 24.9. The van der Waals surface area contributed by atoms with Crippen LogP contribution >= 0.6 is 0 Å².